The van der Waals surface area contributed by atoms with Gasteiger partial charge in [-0.15, -0.1) is 0 Å². The van der Waals surface area contributed by atoms with Crippen LogP contribution in [0.25, 0.3) is 0 Å². The Kier molecular flexibility index (Phi) is 4.06. The average Bonchev–Trinajstić information content (AvgIpc) is 2.08. The molecular formula is C9H18N2OS. The molecule has 1 amide bonds. The van der Waals surface area contributed by atoms with Crippen molar-refractivity contribution in [3.05, 3.63) is 0 Å². The predicted molar refractivity (Wildman–Crippen MR) is 56.7 cm³/mol. The topological polar surface area (TPSA) is 55.1 Å². The minimum absolute atomic E-state index is 0.203. The lowest BCUT2D eigenvalue weighted by molar-refractivity contribution is -0.119. The van der Waals surface area contributed by atoms with Crippen LogP contribution in [0, 0.1) is 0 Å². The number of rotatable bonds is 3. The van der Waals surface area contributed by atoms with E-state index in [0.29, 0.717) is 11.3 Å². The van der Waals surface area contributed by atoms with Gasteiger partial charge in [0.05, 0.1) is 6.04 Å². The second kappa shape index (κ2) is 4.86. The first-order valence-electron chi connectivity index (χ1n) is 4.78. The molecule has 76 valence electrons. The molecule has 3 nitrogen and oxygen atoms in total. The van der Waals surface area contributed by atoms with Crippen molar-refractivity contribution in [3.8, 4) is 0 Å². The molecule has 1 aliphatic rings. The summed E-state index contributed by atoms with van der Waals surface area (Å²) in [6, 6.07) is 0.243. The molecule has 1 fully saturated rings. The molecule has 0 saturated carbocycles. The molecule has 1 aliphatic heterocycles. The zero-order valence-electron chi connectivity index (χ0n) is 8.25. The second-order valence-electron chi connectivity index (χ2n) is 3.62. The van der Waals surface area contributed by atoms with Gasteiger partial charge in [-0.2, -0.15) is 11.8 Å². The summed E-state index contributed by atoms with van der Waals surface area (Å²) < 4.78 is 0. The predicted octanol–water partition coefficient (Wildman–Crippen LogP) is 0.734. The van der Waals surface area contributed by atoms with Gasteiger partial charge in [-0.05, 0) is 25.5 Å². The fraction of sp³-hybridized carbons (Fsp3) is 0.889. The minimum atomic E-state index is -0.261. The van der Waals surface area contributed by atoms with Crippen LogP contribution in [-0.4, -0.2) is 29.0 Å². The highest BCUT2D eigenvalue weighted by molar-refractivity contribution is 7.99. The van der Waals surface area contributed by atoms with Crippen LogP contribution in [-0.2, 0) is 4.79 Å². The molecule has 1 heterocycles. The van der Waals surface area contributed by atoms with E-state index in [9.17, 15) is 4.79 Å². The van der Waals surface area contributed by atoms with Crippen molar-refractivity contribution in [2.75, 3.05) is 5.75 Å². The zero-order chi connectivity index (χ0) is 9.84. The number of carbonyl (C=O) groups excluding carboxylic acids is 1. The monoisotopic (exact) mass is 202 g/mol. The maximum Gasteiger partial charge on any atom is 0.234 e. The van der Waals surface area contributed by atoms with Gasteiger partial charge in [0.15, 0.2) is 0 Å². The van der Waals surface area contributed by atoms with Crippen LogP contribution < -0.4 is 11.1 Å². The van der Waals surface area contributed by atoms with Gasteiger partial charge in [-0.1, -0.05) is 6.92 Å². The van der Waals surface area contributed by atoms with Crippen LogP contribution >= 0.6 is 11.8 Å². The maximum absolute atomic E-state index is 10.8. The number of nitrogens with one attached hydrogen (secondary N) is 1. The third kappa shape index (κ3) is 3.19. The molecular weight excluding hydrogens is 184 g/mol. The molecule has 1 rings (SSSR count). The molecule has 0 aliphatic carbocycles. The summed E-state index contributed by atoms with van der Waals surface area (Å²) in [6.45, 7) is 4.03. The summed E-state index contributed by atoms with van der Waals surface area (Å²) in [6.07, 6.45) is 2.39. The Hall–Kier alpha value is -0.220. The van der Waals surface area contributed by atoms with Gasteiger partial charge < -0.3 is 11.1 Å². The Morgan fingerprint density at radius 3 is 2.92 bits per heavy atom. The van der Waals surface area contributed by atoms with Gasteiger partial charge in [-0.25, -0.2) is 0 Å². The molecule has 3 N–H and O–H groups in total. The minimum Gasteiger partial charge on any atom is -0.368 e. The van der Waals surface area contributed by atoms with Crippen LogP contribution in [0.5, 0.6) is 0 Å². The number of nitrogens with two attached hydrogens (primary N) is 1. The third-order valence-electron chi connectivity index (χ3n) is 2.50. The highest BCUT2D eigenvalue weighted by Gasteiger charge is 2.24. The molecule has 0 radical (unpaired) electrons. The summed E-state index contributed by atoms with van der Waals surface area (Å²) >= 11 is 1.97. The first-order chi connectivity index (χ1) is 6.11. The molecule has 3 unspecified atom stereocenters. The van der Waals surface area contributed by atoms with Gasteiger partial charge in [0.1, 0.15) is 0 Å². The smallest absolute Gasteiger partial charge is 0.234 e. The van der Waals surface area contributed by atoms with E-state index < -0.39 is 0 Å². The lowest BCUT2D eigenvalue weighted by Gasteiger charge is -2.30. The van der Waals surface area contributed by atoms with Crippen molar-refractivity contribution < 1.29 is 4.79 Å². The molecule has 4 heteroatoms. The highest BCUT2D eigenvalue weighted by Crippen LogP contribution is 2.25. The van der Waals surface area contributed by atoms with E-state index in [4.69, 9.17) is 5.73 Å². The summed E-state index contributed by atoms with van der Waals surface area (Å²) in [5.41, 5.74) is 5.19. The largest absolute Gasteiger partial charge is 0.368 e. The summed E-state index contributed by atoms with van der Waals surface area (Å²) in [7, 11) is 0. The molecule has 1 saturated heterocycles. The molecule has 3 atom stereocenters. The van der Waals surface area contributed by atoms with Crippen molar-refractivity contribution in [2.45, 2.75) is 44.0 Å². The number of amides is 1. The molecule has 0 aromatic heterocycles. The lowest BCUT2D eigenvalue weighted by Crippen LogP contribution is -2.49. The molecule has 0 bridgehead atoms. The van der Waals surface area contributed by atoms with E-state index in [0.717, 1.165) is 6.42 Å². The molecule has 13 heavy (non-hydrogen) atoms. The summed E-state index contributed by atoms with van der Waals surface area (Å²) in [4.78, 5) is 10.8. The summed E-state index contributed by atoms with van der Waals surface area (Å²) in [5.74, 6) is 0.979. The van der Waals surface area contributed by atoms with Crippen LogP contribution in [0.1, 0.15) is 26.7 Å². The first-order valence-corrected chi connectivity index (χ1v) is 5.83. The Labute approximate surface area is 83.8 Å². The number of hydrogen-bond donors (Lipinski definition) is 2. The third-order valence-corrected chi connectivity index (χ3v) is 3.88. The van der Waals surface area contributed by atoms with Gasteiger partial charge in [0.2, 0.25) is 5.91 Å². The Balaban J connectivity index is 2.37. The van der Waals surface area contributed by atoms with E-state index in [1.54, 1.807) is 0 Å². The maximum atomic E-state index is 10.8. The highest BCUT2D eigenvalue weighted by atomic mass is 32.2. The number of hydrogen-bond acceptors (Lipinski definition) is 3. The molecule has 0 aromatic rings. The Morgan fingerprint density at radius 1 is 1.69 bits per heavy atom. The fourth-order valence-electron chi connectivity index (χ4n) is 1.55. The van der Waals surface area contributed by atoms with Crippen molar-refractivity contribution >= 4 is 17.7 Å². The Morgan fingerprint density at radius 2 is 2.38 bits per heavy atom. The van der Waals surface area contributed by atoms with E-state index in [-0.39, 0.29) is 11.9 Å². The van der Waals surface area contributed by atoms with Gasteiger partial charge in [0, 0.05) is 11.3 Å². The number of primary amides is 1. The second-order valence-corrected chi connectivity index (χ2v) is 5.10. The van der Waals surface area contributed by atoms with Crippen LogP contribution in [0.2, 0.25) is 0 Å². The fourth-order valence-corrected chi connectivity index (χ4v) is 2.70. The first kappa shape index (κ1) is 10.9. The Bertz CT molecular complexity index is 186. The van der Waals surface area contributed by atoms with Crippen molar-refractivity contribution in [1.82, 2.24) is 5.32 Å². The number of thioether (sulfide) groups is 1. The zero-order valence-corrected chi connectivity index (χ0v) is 9.06. The van der Waals surface area contributed by atoms with Crippen LogP contribution in [0.3, 0.4) is 0 Å². The van der Waals surface area contributed by atoms with E-state index in [1.165, 1.54) is 12.2 Å². The normalized spacial score (nSPS) is 31.2. The lowest BCUT2D eigenvalue weighted by atomic mass is 10.1. The van der Waals surface area contributed by atoms with Crippen molar-refractivity contribution in [1.29, 1.82) is 0 Å². The quantitative estimate of drug-likeness (QED) is 0.709. The van der Waals surface area contributed by atoms with E-state index in [2.05, 4.69) is 12.2 Å². The summed E-state index contributed by atoms with van der Waals surface area (Å²) in [5, 5.41) is 3.87. The molecule has 0 aromatic carbocycles. The van der Waals surface area contributed by atoms with Gasteiger partial charge in [0.25, 0.3) is 0 Å². The van der Waals surface area contributed by atoms with Crippen molar-refractivity contribution in [3.63, 3.8) is 0 Å². The SMILES string of the molecule is CC(NC1CCCSC1C)C(N)=O. The van der Waals surface area contributed by atoms with Gasteiger partial charge in [-0.3, -0.25) is 4.79 Å². The van der Waals surface area contributed by atoms with E-state index >= 15 is 0 Å². The van der Waals surface area contributed by atoms with E-state index in [1.807, 2.05) is 18.7 Å². The van der Waals surface area contributed by atoms with Crippen LogP contribution in [0.15, 0.2) is 0 Å². The van der Waals surface area contributed by atoms with Crippen LogP contribution in [0.4, 0.5) is 0 Å². The molecule has 0 spiro atoms. The van der Waals surface area contributed by atoms with Crippen molar-refractivity contribution in [2.24, 2.45) is 5.73 Å². The number of carbonyl (C=O) groups is 1. The van der Waals surface area contributed by atoms with Gasteiger partial charge >= 0.3 is 0 Å². The average molecular weight is 202 g/mol. The standard InChI is InChI=1S/C9H18N2OS/c1-6(9(10)12)11-8-4-3-5-13-7(8)2/h6-8,11H,3-5H2,1-2H3,(H2,10,12).